The van der Waals surface area contributed by atoms with Crippen LogP contribution in [0.1, 0.15) is 32.6 Å². The Morgan fingerprint density at radius 3 is 2.52 bits per heavy atom. The van der Waals surface area contributed by atoms with Gasteiger partial charge in [-0.1, -0.05) is 0 Å². The maximum atomic E-state index is 12.2. The summed E-state index contributed by atoms with van der Waals surface area (Å²) in [7, 11) is 3.54. The highest BCUT2D eigenvalue weighted by atomic mass is 16.2. The molecule has 0 aromatic heterocycles. The Labute approximate surface area is 128 Å². The Balaban J connectivity index is 2.34. The molecule has 6 nitrogen and oxygen atoms in total. The summed E-state index contributed by atoms with van der Waals surface area (Å²) in [6.45, 7) is 5.58. The van der Waals surface area contributed by atoms with Crippen molar-refractivity contribution in [2.45, 2.75) is 38.6 Å². The molecule has 0 aromatic carbocycles. The first-order chi connectivity index (χ1) is 9.90. The lowest BCUT2D eigenvalue weighted by atomic mass is 10.1. The van der Waals surface area contributed by atoms with Crippen LogP contribution in [-0.4, -0.2) is 79.4 Å². The van der Waals surface area contributed by atoms with Crippen LogP contribution in [0.15, 0.2) is 0 Å². The zero-order valence-corrected chi connectivity index (χ0v) is 13.7. The molecule has 2 N–H and O–H groups in total. The average Bonchev–Trinajstić information content (AvgIpc) is 2.63. The molecule has 6 heteroatoms. The van der Waals surface area contributed by atoms with Gasteiger partial charge >= 0.3 is 0 Å². The van der Waals surface area contributed by atoms with Gasteiger partial charge in [0, 0.05) is 52.7 Å². The largest absolute Gasteiger partial charge is 0.348 e. The molecular formula is C15H30N4O2. The van der Waals surface area contributed by atoms with Gasteiger partial charge in [0.05, 0.1) is 6.54 Å². The van der Waals surface area contributed by atoms with Crippen LogP contribution < -0.4 is 5.73 Å². The molecule has 1 rings (SSSR count). The smallest absolute Gasteiger partial charge is 0.236 e. The van der Waals surface area contributed by atoms with Gasteiger partial charge in [0.15, 0.2) is 0 Å². The van der Waals surface area contributed by atoms with E-state index in [2.05, 4.69) is 4.90 Å². The fourth-order valence-corrected chi connectivity index (χ4v) is 2.44. The molecule has 122 valence electrons. The zero-order valence-electron chi connectivity index (χ0n) is 13.7. The summed E-state index contributed by atoms with van der Waals surface area (Å²) < 4.78 is 0. The topological polar surface area (TPSA) is 69.9 Å². The highest BCUT2D eigenvalue weighted by Gasteiger charge is 2.20. The van der Waals surface area contributed by atoms with Gasteiger partial charge < -0.3 is 15.5 Å². The van der Waals surface area contributed by atoms with Crippen LogP contribution in [0.4, 0.5) is 0 Å². The van der Waals surface area contributed by atoms with Crippen molar-refractivity contribution >= 4 is 11.8 Å². The lowest BCUT2D eigenvalue weighted by Crippen LogP contribution is -2.39. The van der Waals surface area contributed by atoms with Gasteiger partial charge in [0.1, 0.15) is 0 Å². The van der Waals surface area contributed by atoms with Crippen molar-refractivity contribution in [2.75, 3.05) is 46.8 Å². The Kier molecular flexibility index (Phi) is 7.67. The van der Waals surface area contributed by atoms with Gasteiger partial charge in [-0.2, -0.15) is 0 Å². The minimum atomic E-state index is 0.117. The molecule has 0 aromatic rings. The second-order valence-corrected chi connectivity index (χ2v) is 6.17. The molecule has 1 unspecified atom stereocenters. The molecule has 0 radical (unpaired) electrons. The van der Waals surface area contributed by atoms with E-state index in [0.29, 0.717) is 13.0 Å². The number of hydrogen-bond donors (Lipinski definition) is 1. The van der Waals surface area contributed by atoms with E-state index >= 15 is 0 Å². The first kappa shape index (κ1) is 17.9. The second kappa shape index (κ2) is 9.00. The van der Waals surface area contributed by atoms with Gasteiger partial charge in [-0.15, -0.1) is 0 Å². The fraction of sp³-hybridized carbons (Fsp3) is 0.867. The van der Waals surface area contributed by atoms with E-state index in [4.69, 9.17) is 5.73 Å². The van der Waals surface area contributed by atoms with E-state index in [9.17, 15) is 9.59 Å². The first-order valence-electron chi connectivity index (χ1n) is 7.86. The van der Waals surface area contributed by atoms with Crippen molar-refractivity contribution in [3.05, 3.63) is 0 Å². The SMILES string of the molecule is CC(N)CCCC(=O)N1CCCN(CC(=O)N(C)C)CC1. The molecule has 1 atom stereocenters. The van der Waals surface area contributed by atoms with Gasteiger partial charge in [-0.05, 0) is 26.2 Å². The molecule has 1 saturated heterocycles. The van der Waals surface area contributed by atoms with Crippen LogP contribution in [0.3, 0.4) is 0 Å². The molecule has 0 aliphatic carbocycles. The molecule has 1 aliphatic rings. The third kappa shape index (κ3) is 6.91. The van der Waals surface area contributed by atoms with Gasteiger partial charge in [0.25, 0.3) is 0 Å². The number of rotatable bonds is 6. The average molecular weight is 298 g/mol. The molecule has 0 bridgehead atoms. The summed E-state index contributed by atoms with van der Waals surface area (Å²) in [5, 5.41) is 0. The number of carbonyl (C=O) groups is 2. The van der Waals surface area contributed by atoms with Crippen LogP contribution in [0, 0.1) is 0 Å². The highest BCUT2D eigenvalue weighted by Crippen LogP contribution is 2.08. The Hall–Kier alpha value is -1.14. The summed E-state index contributed by atoms with van der Waals surface area (Å²) in [4.78, 5) is 29.6. The van der Waals surface area contributed by atoms with E-state index < -0.39 is 0 Å². The van der Waals surface area contributed by atoms with Crippen LogP contribution in [0.25, 0.3) is 0 Å². The third-order valence-electron chi connectivity index (χ3n) is 3.85. The summed E-state index contributed by atoms with van der Waals surface area (Å²) in [5.74, 6) is 0.336. The normalized spacial score (nSPS) is 18.2. The fourth-order valence-electron chi connectivity index (χ4n) is 2.44. The van der Waals surface area contributed by atoms with Crippen molar-refractivity contribution in [3.63, 3.8) is 0 Å². The maximum absolute atomic E-state index is 12.2. The highest BCUT2D eigenvalue weighted by molar-refractivity contribution is 5.78. The van der Waals surface area contributed by atoms with E-state index in [1.165, 1.54) is 0 Å². The van der Waals surface area contributed by atoms with E-state index in [1.807, 2.05) is 11.8 Å². The lowest BCUT2D eigenvalue weighted by Gasteiger charge is -2.23. The summed E-state index contributed by atoms with van der Waals surface area (Å²) in [6.07, 6.45) is 3.26. The molecule has 0 spiro atoms. The van der Waals surface area contributed by atoms with E-state index in [0.717, 1.165) is 45.4 Å². The quantitative estimate of drug-likeness (QED) is 0.756. The number of amides is 2. The minimum absolute atomic E-state index is 0.117. The van der Waals surface area contributed by atoms with Crippen molar-refractivity contribution in [3.8, 4) is 0 Å². The number of carbonyl (C=O) groups excluding carboxylic acids is 2. The van der Waals surface area contributed by atoms with Crippen LogP contribution >= 0.6 is 0 Å². The first-order valence-corrected chi connectivity index (χ1v) is 7.86. The van der Waals surface area contributed by atoms with Crippen molar-refractivity contribution in [1.29, 1.82) is 0 Å². The maximum Gasteiger partial charge on any atom is 0.236 e. The summed E-state index contributed by atoms with van der Waals surface area (Å²) in [5.41, 5.74) is 5.70. The van der Waals surface area contributed by atoms with E-state index in [1.54, 1.807) is 19.0 Å². The van der Waals surface area contributed by atoms with Gasteiger partial charge in [0.2, 0.25) is 11.8 Å². The van der Waals surface area contributed by atoms with Crippen molar-refractivity contribution < 1.29 is 9.59 Å². The Morgan fingerprint density at radius 2 is 1.90 bits per heavy atom. The van der Waals surface area contributed by atoms with Gasteiger partial charge in [-0.25, -0.2) is 0 Å². The molecular weight excluding hydrogens is 268 g/mol. The lowest BCUT2D eigenvalue weighted by molar-refractivity contribution is -0.131. The van der Waals surface area contributed by atoms with Crippen LogP contribution in [0.5, 0.6) is 0 Å². The third-order valence-corrected chi connectivity index (χ3v) is 3.85. The molecule has 1 fully saturated rings. The standard InChI is InChI=1S/C15H30N4O2/c1-13(16)6-4-7-14(20)19-9-5-8-18(10-11-19)12-15(21)17(2)3/h13H,4-12,16H2,1-3H3. The number of nitrogens with zero attached hydrogens (tertiary/aromatic N) is 3. The zero-order chi connectivity index (χ0) is 15.8. The molecule has 21 heavy (non-hydrogen) atoms. The van der Waals surface area contributed by atoms with Crippen molar-refractivity contribution in [2.24, 2.45) is 5.73 Å². The van der Waals surface area contributed by atoms with Crippen LogP contribution in [-0.2, 0) is 9.59 Å². The number of nitrogens with two attached hydrogens (primary N) is 1. The monoisotopic (exact) mass is 298 g/mol. The minimum Gasteiger partial charge on any atom is -0.348 e. The molecule has 2 amide bonds. The van der Waals surface area contributed by atoms with Gasteiger partial charge in [-0.3, -0.25) is 14.5 Å². The number of likely N-dealkylation sites (N-methyl/N-ethyl adjacent to an activating group) is 1. The molecule has 0 saturated carbocycles. The van der Waals surface area contributed by atoms with Crippen LogP contribution in [0.2, 0.25) is 0 Å². The Bertz CT molecular complexity index is 345. The molecule has 1 aliphatic heterocycles. The predicted octanol–water partition coefficient (Wildman–Crippen LogP) is 0.126. The molecule has 1 heterocycles. The van der Waals surface area contributed by atoms with E-state index in [-0.39, 0.29) is 17.9 Å². The summed E-state index contributed by atoms with van der Waals surface area (Å²) in [6, 6.07) is 0.162. The Morgan fingerprint density at radius 1 is 1.19 bits per heavy atom. The second-order valence-electron chi connectivity index (χ2n) is 6.17. The van der Waals surface area contributed by atoms with Crippen molar-refractivity contribution in [1.82, 2.24) is 14.7 Å². The summed E-state index contributed by atoms with van der Waals surface area (Å²) >= 11 is 0. The predicted molar refractivity (Wildman–Crippen MR) is 83.8 cm³/mol. The number of hydrogen-bond acceptors (Lipinski definition) is 4.